The van der Waals surface area contributed by atoms with E-state index in [2.05, 4.69) is 36.4 Å². The summed E-state index contributed by atoms with van der Waals surface area (Å²) in [4.78, 5) is 14.2. The van der Waals surface area contributed by atoms with Gasteiger partial charge in [0.2, 0.25) is 0 Å². The van der Waals surface area contributed by atoms with Crippen molar-refractivity contribution in [1.29, 1.82) is 0 Å². The van der Waals surface area contributed by atoms with Gasteiger partial charge in [0.05, 0.1) is 0 Å². The van der Waals surface area contributed by atoms with Gasteiger partial charge in [0.1, 0.15) is 0 Å². The molecule has 94 valence electrons. The van der Waals surface area contributed by atoms with Crippen LogP contribution in [-0.2, 0) is 0 Å². The first-order valence-electron chi connectivity index (χ1n) is 5.93. The highest BCUT2D eigenvalue weighted by atomic mass is 127. The molecule has 0 aliphatic carbocycles. The molecule has 0 radical (unpaired) electrons. The minimum absolute atomic E-state index is 0.0823. The van der Waals surface area contributed by atoms with Crippen LogP contribution >= 0.6 is 22.6 Å². The van der Waals surface area contributed by atoms with E-state index in [1.165, 1.54) is 0 Å². The monoisotopic (exact) mass is 346 g/mol. The fourth-order valence-corrected chi connectivity index (χ4v) is 2.47. The number of benzene rings is 1. The van der Waals surface area contributed by atoms with Crippen LogP contribution < -0.4 is 5.73 Å². The number of halogens is 1. The molecule has 0 saturated heterocycles. The van der Waals surface area contributed by atoms with Crippen LogP contribution in [0.5, 0.6) is 0 Å². The van der Waals surface area contributed by atoms with Gasteiger partial charge in [0.25, 0.3) is 5.91 Å². The van der Waals surface area contributed by atoms with Crippen molar-refractivity contribution < 1.29 is 4.79 Å². The molecule has 0 atom stereocenters. The zero-order valence-corrected chi connectivity index (χ0v) is 12.5. The summed E-state index contributed by atoms with van der Waals surface area (Å²) in [6.45, 7) is 5.77. The summed E-state index contributed by atoms with van der Waals surface area (Å²) in [7, 11) is 0. The number of amides is 1. The lowest BCUT2D eigenvalue weighted by atomic mass is 10.1. The molecule has 17 heavy (non-hydrogen) atoms. The van der Waals surface area contributed by atoms with Crippen LogP contribution in [0.4, 0.5) is 5.69 Å². The van der Waals surface area contributed by atoms with Crippen LogP contribution in [0.25, 0.3) is 0 Å². The lowest BCUT2D eigenvalue weighted by molar-refractivity contribution is 0.0755. The van der Waals surface area contributed by atoms with Crippen LogP contribution in [0, 0.1) is 3.57 Å². The van der Waals surface area contributed by atoms with Crippen molar-refractivity contribution in [2.24, 2.45) is 0 Å². The van der Waals surface area contributed by atoms with Gasteiger partial charge in [-0.2, -0.15) is 0 Å². The van der Waals surface area contributed by atoms with Gasteiger partial charge in [-0.25, -0.2) is 0 Å². The Morgan fingerprint density at radius 2 is 1.82 bits per heavy atom. The average Bonchev–Trinajstić information content (AvgIpc) is 2.26. The standard InChI is InChI=1S/C13H19IN2O/c1-3-5-16(6-4-2)13(17)10-7-11(14)9-12(15)8-10/h7-9H,3-6,15H2,1-2H3. The Hall–Kier alpha value is -0.780. The van der Waals surface area contributed by atoms with Crippen molar-refractivity contribution in [3.8, 4) is 0 Å². The number of nitrogens with two attached hydrogens (primary N) is 1. The van der Waals surface area contributed by atoms with E-state index >= 15 is 0 Å². The Labute approximate surface area is 117 Å². The molecule has 0 aliphatic rings. The number of rotatable bonds is 5. The highest BCUT2D eigenvalue weighted by Gasteiger charge is 2.14. The maximum absolute atomic E-state index is 12.3. The van der Waals surface area contributed by atoms with E-state index in [9.17, 15) is 4.79 Å². The molecular weight excluding hydrogens is 327 g/mol. The fourth-order valence-electron chi connectivity index (χ4n) is 1.77. The van der Waals surface area contributed by atoms with E-state index < -0.39 is 0 Å². The molecule has 0 spiro atoms. The van der Waals surface area contributed by atoms with Crippen molar-refractivity contribution in [1.82, 2.24) is 4.90 Å². The van der Waals surface area contributed by atoms with Crippen LogP contribution in [0.2, 0.25) is 0 Å². The Bertz CT molecular complexity index is 367. The number of nitrogen functional groups attached to an aromatic ring is 1. The van der Waals surface area contributed by atoms with Gasteiger partial charge in [0, 0.05) is 27.9 Å². The van der Waals surface area contributed by atoms with Gasteiger partial charge in [-0.15, -0.1) is 0 Å². The molecular formula is C13H19IN2O. The minimum Gasteiger partial charge on any atom is -0.399 e. The van der Waals surface area contributed by atoms with Gasteiger partial charge in [-0.1, -0.05) is 13.8 Å². The van der Waals surface area contributed by atoms with E-state index in [-0.39, 0.29) is 5.91 Å². The average molecular weight is 346 g/mol. The molecule has 3 nitrogen and oxygen atoms in total. The molecule has 1 rings (SSSR count). The molecule has 2 N–H and O–H groups in total. The molecule has 1 aromatic rings. The second-order valence-corrected chi connectivity index (χ2v) is 5.31. The van der Waals surface area contributed by atoms with Crippen molar-refractivity contribution in [2.75, 3.05) is 18.8 Å². The quantitative estimate of drug-likeness (QED) is 0.658. The van der Waals surface area contributed by atoms with E-state index in [0.29, 0.717) is 11.3 Å². The molecule has 1 amide bonds. The number of nitrogens with zero attached hydrogens (tertiary/aromatic N) is 1. The predicted octanol–water partition coefficient (Wildman–Crippen LogP) is 3.14. The fraction of sp³-hybridized carbons (Fsp3) is 0.462. The molecule has 0 aromatic heterocycles. The van der Waals surface area contributed by atoms with Crippen LogP contribution in [-0.4, -0.2) is 23.9 Å². The summed E-state index contributed by atoms with van der Waals surface area (Å²) in [5, 5.41) is 0. The molecule has 0 unspecified atom stereocenters. The number of carbonyl (C=O) groups is 1. The van der Waals surface area contributed by atoms with Crippen molar-refractivity contribution in [3.05, 3.63) is 27.3 Å². The maximum Gasteiger partial charge on any atom is 0.253 e. The second kappa shape index (κ2) is 6.83. The molecule has 0 aliphatic heterocycles. The Morgan fingerprint density at radius 3 is 2.29 bits per heavy atom. The third-order valence-electron chi connectivity index (χ3n) is 2.44. The number of hydrogen-bond acceptors (Lipinski definition) is 2. The first-order valence-corrected chi connectivity index (χ1v) is 7.01. The normalized spacial score (nSPS) is 10.3. The summed E-state index contributed by atoms with van der Waals surface area (Å²) < 4.78 is 0.999. The van der Waals surface area contributed by atoms with Crippen molar-refractivity contribution in [2.45, 2.75) is 26.7 Å². The SMILES string of the molecule is CCCN(CCC)C(=O)c1cc(N)cc(I)c1. The smallest absolute Gasteiger partial charge is 0.253 e. The van der Waals surface area contributed by atoms with Gasteiger partial charge >= 0.3 is 0 Å². The Kier molecular flexibility index (Phi) is 5.74. The summed E-state index contributed by atoms with van der Waals surface area (Å²) in [6.07, 6.45) is 1.95. The molecule has 0 fully saturated rings. The van der Waals surface area contributed by atoms with Crippen molar-refractivity contribution in [3.63, 3.8) is 0 Å². The number of anilines is 1. The van der Waals surface area contributed by atoms with Gasteiger partial charge in [-0.05, 0) is 53.6 Å². The number of hydrogen-bond donors (Lipinski definition) is 1. The van der Waals surface area contributed by atoms with E-state index in [1.807, 2.05) is 17.0 Å². The molecule has 4 heteroatoms. The maximum atomic E-state index is 12.3. The van der Waals surface area contributed by atoms with Crippen LogP contribution in [0.15, 0.2) is 18.2 Å². The Morgan fingerprint density at radius 1 is 1.24 bits per heavy atom. The van der Waals surface area contributed by atoms with Gasteiger partial charge in [0.15, 0.2) is 0 Å². The van der Waals surface area contributed by atoms with E-state index in [0.717, 1.165) is 29.5 Å². The highest BCUT2D eigenvalue weighted by Crippen LogP contribution is 2.16. The molecule has 1 aromatic carbocycles. The van der Waals surface area contributed by atoms with Crippen LogP contribution in [0.1, 0.15) is 37.0 Å². The van der Waals surface area contributed by atoms with Crippen molar-refractivity contribution >= 4 is 34.2 Å². The summed E-state index contributed by atoms with van der Waals surface area (Å²) in [5.74, 6) is 0.0823. The Balaban J connectivity index is 2.92. The summed E-state index contributed by atoms with van der Waals surface area (Å²) in [5.41, 5.74) is 7.11. The lowest BCUT2D eigenvalue weighted by Gasteiger charge is -2.21. The van der Waals surface area contributed by atoms with Gasteiger partial charge in [-0.3, -0.25) is 4.79 Å². The molecule has 0 bridgehead atoms. The molecule has 0 heterocycles. The lowest BCUT2D eigenvalue weighted by Crippen LogP contribution is -2.32. The third-order valence-corrected chi connectivity index (χ3v) is 3.06. The predicted molar refractivity (Wildman–Crippen MR) is 80.1 cm³/mol. The van der Waals surface area contributed by atoms with E-state index in [1.54, 1.807) is 6.07 Å². The topological polar surface area (TPSA) is 46.3 Å². The third kappa shape index (κ3) is 4.18. The first-order chi connectivity index (χ1) is 8.08. The summed E-state index contributed by atoms with van der Waals surface area (Å²) in [6, 6.07) is 5.50. The zero-order chi connectivity index (χ0) is 12.8. The summed E-state index contributed by atoms with van der Waals surface area (Å²) >= 11 is 2.18. The van der Waals surface area contributed by atoms with Gasteiger partial charge < -0.3 is 10.6 Å². The molecule has 0 saturated carbocycles. The second-order valence-electron chi connectivity index (χ2n) is 4.07. The largest absolute Gasteiger partial charge is 0.399 e. The minimum atomic E-state index is 0.0823. The first kappa shape index (κ1) is 14.3. The van der Waals surface area contributed by atoms with E-state index in [4.69, 9.17) is 5.73 Å². The van der Waals surface area contributed by atoms with Crippen LogP contribution in [0.3, 0.4) is 0 Å². The number of carbonyl (C=O) groups excluding carboxylic acids is 1. The highest BCUT2D eigenvalue weighted by molar-refractivity contribution is 14.1. The zero-order valence-electron chi connectivity index (χ0n) is 10.4.